The number of anilines is 1. The topological polar surface area (TPSA) is 96.6 Å². The highest BCUT2D eigenvalue weighted by Crippen LogP contribution is 2.36. The molecule has 6 nitrogen and oxygen atoms in total. The van der Waals surface area contributed by atoms with Gasteiger partial charge in [0.25, 0.3) is 5.91 Å². The summed E-state index contributed by atoms with van der Waals surface area (Å²) in [4.78, 5) is 30.6. The quantitative estimate of drug-likeness (QED) is 0.364. The lowest BCUT2D eigenvalue weighted by Crippen LogP contribution is -2.32. The van der Waals surface area contributed by atoms with Gasteiger partial charge >= 0.3 is 6.18 Å². The molecule has 4 N–H and O–H groups in total. The van der Waals surface area contributed by atoms with Crippen LogP contribution in [0.4, 0.5) is 24.5 Å². The second-order valence-electron chi connectivity index (χ2n) is 8.03. The maximum atomic E-state index is 13.5. The van der Waals surface area contributed by atoms with Gasteiger partial charge in [0.2, 0.25) is 5.91 Å². The number of hydrogen-bond donors (Lipinski definition) is 3. The number of thioether (sulfide) groups is 1. The summed E-state index contributed by atoms with van der Waals surface area (Å²) in [5.74, 6) is -1.52. The summed E-state index contributed by atoms with van der Waals surface area (Å²) in [5.41, 5.74) is 6.40. The van der Waals surface area contributed by atoms with Crippen LogP contribution in [0.25, 0.3) is 0 Å². The van der Waals surface area contributed by atoms with Crippen molar-refractivity contribution in [1.82, 2.24) is 5.32 Å². The van der Waals surface area contributed by atoms with E-state index in [0.29, 0.717) is 16.4 Å². The molecule has 190 valence electrons. The zero-order valence-electron chi connectivity index (χ0n) is 19.3. The Morgan fingerprint density at radius 1 is 0.973 bits per heavy atom. The number of benzene rings is 3. The third-order valence-corrected chi connectivity index (χ3v) is 6.89. The minimum absolute atomic E-state index is 0.0218. The molecule has 37 heavy (non-hydrogen) atoms. The lowest BCUT2D eigenvalue weighted by atomic mass is 10.1. The molecule has 1 aliphatic heterocycles. The van der Waals surface area contributed by atoms with Gasteiger partial charge < -0.3 is 16.4 Å². The van der Waals surface area contributed by atoms with E-state index in [1.807, 2.05) is 19.1 Å². The van der Waals surface area contributed by atoms with Crippen molar-refractivity contribution in [2.75, 3.05) is 5.32 Å². The number of alkyl halides is 3. The van der Waals surface area contributed by atoms with Crippen molar-refractivity contribution in [3.63, 3.8) is 0 Å². The number of para-hydroxylation sites is 1. The summed E-state index contributed by atoms with van der Waals surface area (Å²) < 4.78 is 40.5. The van der Waals surface area contributed by atoms with Gasteiger partial charge in [-0.3, -0.25) is 9.59 Å². The number of halogens is 4. The Bertz CT molecular complexity index is 1420. The van der Waals surface area contributed by atoms with Crippen molar-refractivity contribution in [2.45, 2.75) is 18.3 Å². The summed E-state index contributed by atoms with van der Waals surface area (Å²) >= 11 is 6.88. The van der Waals surface area contributed by atoms with Gasteiger partial charge in [-0.1, -0.05) is 53.7 Å². The highest BCUT2D eigenvalue weighted by Gasteiger charge is 2.38. The molecule has 3 aromatic carbocycles. The largest absolute Gasteiger partial charge is 0.417 e. The van der Waals surface area contributed by atoms with E-state index in [1.165, 1.54) is 12.1 Å². The second kappa shape index (κ2) is 10.7. The Balaban J connectivity index is 1.70. The van der Waals surface area contributed by atoms with E-state index < -0.39 is 34.4 Å². The van der Waals surface area contributed by atoms with Crippen molar-refractivity contribution in [1.29, 1.82) is 0 Å². The summed E-state index contributed by atoms with van der Waals surface area (Å²) in [6.07, 6.45) is -4.74. The molecule has 0 bridgehead atoms. The predicted molar refractivity (Wildman–Crippen MR) is 140 cm³/mol. The molecule has 3 aromatic rings. The van der Waals surface area contributed by atoms with Crippen LogP contribution in [0.1, 0.15) is 21.5 Å². The maximum Gasteiger partial charge on any atom is 0.417 e. The molecule has 0 saturated carbocycles. The SMILES string of the molecule is Cc1ccccc1N=C1S[C@@H](C(=O)Nc2ccc(Cl)cc2)C(N)=C1NC(=O)c1ccccc1C(F)(F)F. The van der Waals surface area contributed by atoms with Crippen LogP contribution in [0.5, 0.6) is 0 Å². The predicted octanol–water partition coefficient (Wildman–Crippen LogP) is 6.05. The van der Waals surface area contributed by atoms with Crippen LogP contribution in [0.2, 0.25) is 5.02 Å². The number of hydrogen-bond acceptors (Lipinski definition) is 5. The van der Waals surface area contributed by atoms with Crippen LogP contribution >= 0.6 is 23.4 Å². The van der Waals surface area contributed by atoms with E-state index in [4.69, 9.17) is 17.3 Å². The van der Waals surface area contributed by atoms with Crippen molar-refractivity contribution < 1.29 is 22.8 Å². The first-order valence-electron chi connectivity index (χ1n) is 10.9. The number of nitrogens with one attached hydrogen (secondary N) is 2. The standard InChI is InChI=1S/C26H20ClF3N4O2S/c1-14-6-2-5-9-19(14)33-25-21(34-23(35)17-7-3-4-8-18(17)26(28,29)30)20(31)22(37-25)24(36)32-16-12-10-15(27)11-13-16/h2-13,22H,31H2,1H3,(H,32,36)(H,34,35)/t22-/m1/s1. The van der Waals surface area contributed by atoms with Gasteiger partial charge in [0.1, 0.15) is 10.3 Å². The van der Waals surface area contributed by atoms with Crippen molar-refractivity contribution in [3.8, 4) is 0 Å². The molecule has 1 heterocycles. The number of nitrogens with zero attached hydrogens (tertiary/aromatic N) is 1. The lowest BCUT2D eigenvalue weighted by molar-refractivity contribution is -0.138. The molecular formula is C26H20ClF3N4O2S. The first kappa shape index (κ1) is 26.3. The van der Waals surface area contributed by atoms with Gasteiger partial charge in [0.15, 0.2) is 0 Å². The molecule has 1 atom stereocenters. The number of aryl methyl sites for hydroxylation is 1. The zero-order valence-corrected chi connectivity index (χ0v) is 20.8. The fourth-order valence-corrected chi connectivity index (χ4v) is 4.74. The molecule has 4 rings (SSSR count). The number of carbonyl (C=O) groups excluding carboxylic acids is 2. The molecule has 11 heteroatoms. The number of carbonyl (C=O) groups is 2. The average molecular weight is 545 g/mol. The Morgan fingerprint density at radius 2 is 1.62 bits per heavy atom. The summed E-state index contributed by atoms with van der Waals surface area (Å²) in [7, 11) is 0. The first-order chi connectivity index (χ1) is 17.5. The number of rotatable bonds is 5. The van der Waals surface area contributed by atoms with E-state index in [9.17, 15) is 22.8 Å². The summed E-state index contributed by atoms with van der Waals surface area (Å²) in [5, 5.41) is 4.88. The Morgan fingerprint density at radius 3 is 2.30 bits per heavy atom. The summed E-state index contributed by atoms with van der Waals surface area (Å²) in [6, 6.07) is 18.0. The molecule has 2 amide bonds. The fraction of sp³-hybridized carbons (Fsp3) is 0.115. The van der Waals surface area contributed by atoms with Crippen LogP contribution in [0, 0.1) is 6.92 Å². The van der Waals surface area contributed by atoms with Gasteiger partial charge in [-0.05, 0) is 55.0 Å². The van der Waals surface area contributed by atoms with E-state index in [-0.39, 0.29) is 16.4 Å². The van der Waals surface area contributed by atoms with E-state index >= 15 is 0 Å². The monoisotopic (exact) mass is 544 g/mol. The number of nitrogens with two attached hydrogens (primary N) is 1. The van der Waals surface area contributed by atoms with Crippen molar-refractivity contribution >= 4 is 51.6 Å². The van der Waals surface area contributed by atoms with Crippen LogP contribution in [-0.2, 0) is 11.0 Å². The van der Waals surface area contributed by atoms with Gasteiger partial charge in [-0.15, -0.1) is 0 Å². The van der Waals surface area contributed by atoms with Gasteiger partial charge in [-0.25, -0.2) is 4.99 Å². The summed E-state index contributed by atoms with van der Waals surface area (Å²) in [6.45, 7) is 1.83. The smallest absolute Gasteiger partial charge is 0.399 e. The normalized spacial score (nSPS) is 16.7. The van der Waals surface area contributed by atoms with Gasteiger partial charge in [0, 0.05) is 10.7 Å². The van der Waals surface area contributed by atoms with E-state index in [1.54, 1.807) is 36.4 Å². The molecule has 0 unspecified atom stereocenters. The molecule has 1 aliphatic rings. The highest BCUT2D eigenvalue weighted by molar-refractivity contribution is 8.16. The second-order valence-corrected chi connectivity index (χ2v) is 9.56. The first-order valence-corrected chi connectivity index (χ1v) is 12.2. The molecule has 0 spiro atoms. The minimum Gasteiger partial charge on any atom is -0.399 e. The van der Waals surface area contributed by atoms with Crippen LogP contribution in [0.3, 0.4) is 0 Å². The molecule has 0 aliphatic carbocycles. The van der Waals surface area contributed by atoms with Gasteiger partial charge in [-0.2, -0.15) is 13.2 Å². The van der Waals surface area contributed by atoms with E-state index in [0.717, 1.165) is 29.5 Å². The fourth-order valence-electron chi connectivity index (χ4n) is 3.54. The van der Waals surface area contributed by atoms with Crippen molar-refractivity contribution in [3.05, 3.63) is 106 Å². The minimum atomic E-state index is -4.74. The molecule has 0 saturated heterocycles. The van der Waals surface area contributed by atoms with Crippen LogP contribution in [0.15, 0.2) is 89.2 Å². The van der Waals surface area contributed by atoms with E-state index in [2.05, 4.69) is 15.6 Å². The lowest BCUT2D eigenvalue weighted by Gasteiger charge is -2.14. The third-order valence-electron chi connectivity index (χ3n) is 5.42. The Kier molecular flexibility index (Phi) is 7.60. The third kappa shape index (κ3) is 5.98. The number of amides is 2. The van der Waals surface area contributed by atoms with Crippen molar-refractivity contribution in [2.24, 2.45) is 10.7 Å². The zero-order chi connectivity index (χ0) is 26.7. The highest BCUT2D eigenvalue weighted by atomic mass is 35.5. The average Bonchev–Trinajstić information content (AvgIpc) is 3.16. The molecule has 0 aromatic heterocycles. The molecule has 0 fully saturated rings. The van der Waals surface area contributed by atoms with Crippen LogP contribution < -0.4 is 16.4 Å². The molecule has 0 radical (unpaired) electrons. The molecular weight excluding hydrogens is 525 g/mol. The Labute approximate surface area is 219 Å². The van der Waals surface area contributed by atoms with Gasteiger partial charge in [0.05, 0.1) is 28.2 Å². The number of aliphatic imine (C=N–C) groups is 1. The van der Waals surface area contributed by atoms with Crippen LogP contribution in [-0.4, -0.2) is 22.1 Å². The maximum absolute atomic E-state index is 13.5. The Hall–Kier alpha value is -3.76.